The molecule has 1 fully saturated rings. The van der Waals surface area contributed by atoms with Crippen LogP contribution in [0.15, 0.2) is 59.5 Å². The second-order valence-electron chi connectivity index (χ2n) is 11.0. The molecule has 4 rings (SSSR count). The number of anilines is 1. The average molecular weight is 568 g/mol. The molecular formula is C31H39N2O4S2-. The molecule has 210 valence electrons. The fourth-order valence-electron chi connectivity index (χ4n) is 6.13. The number of rotatable bonds is 11. The minimum atomic E-state index is -3.81. The van der Waals surface area contributed by atoms with E-state index in [1.165, 1.54) is 4.31 Å². The minimum Gasteiger partial charge on any atom is -0.755 e. The van der Waals surface area contributed by atoms with E-state index in [4.69, 9.17) is 0 Å². The molecule has 3 aromatic rings. The zero-order valence-corrected chi connectivity index (χ0v) is 25.4. The van der Waals surface area contributed by atoms with Crippen molar-refractivity contribution in [1.82, 2.24) is 4.31 Å². The molecule has 0 saturated heterocycles. The van der Waals surface area contributed by atoms with Crippen LogP contribution < -0.4 is 4.31 Å². The average Bonchev–Trinajstić information content (AvgIpc) is 3.63. The van der Waals surface area contributed by atoms with Gasteiger partial charge < -0.3 is 8.86 Å². The van der Waals surface area contributed by atoms with Crippen molar-refractivity contribution in [3.05, 3.63) is 93.5 Å². The van der Waals surface area contributed by atoms with Gasteiger partial charge in [-0.1, -0.05) is 65.7 Å². The molecule has 0 N–H and O–H groups in total. The van der Waals surface area contributed by atoms with Gasteiger partial charge in [0.25, 0.3) is 0 Å². The molecule has 1 saturated carbocycles. The lowest BCUT2D eigenvalue weighted by Gasteiger charge is -2.33. The van der Waals surface area contributed by atoms with Crippen molar-refractivity contribution >= 4 is 27.0 Å². The van der Waals surface area contributed by atoms with Crippen LogP contribution in [0.3, 0.4) is 0 Å². The van der Waals surface area contributed by atoms with Crippen LogP contribution in [0, 0.1) is 41.5 Å². The predicted molar refractivity (Wildman–Crippen MR) is 158 cm³/mol. The van der Waals surface area contributed by atoms with Crippen molar-refractivity contribution in [1.29, 1.82) is 0 Å². The summed E-state index contributed by atoms with van der Waals surface area (Å²) in [5, 5.41) is 0. The highest BCUT2D eigenvalue weighted by molar-refractivity contribution is 7.89. The van der Waals surface area contributed by atoms with Gasteiger partial charge in [-0.05, 0) is 95.0 Å². The van der Waals surface area contributed by atoms with Crippen LogP contribution in [-0.2, 0) is 26.8 Å². The standard InChI is InChI=1S/C31H40N2O4S2/c1-22-18-24(3)29(25(4)19-22)32(38(34)35)16-10-11-17-33(31(14-15-31)28-12-8-7-9-13-28)39(36,37)30-26(5)20-23(2)21-27(30)6/h7-9,12-13,18-21H,10-11,14-17H2,1-6H3,(H,34,35)/p-1. The molecule has 0 heterocycles. The summed E-state index contributed by atoms with van der Waals surface area (Å²) in [6, 6.07) is 17.7. The third-order valence-corrected chi connectivity index (χ3v) is 10.7. The summed E-state index contributed by atoms with van der Waals surface area (Å²) in [7, 11) is -3.81. The molecule has 1 atom stereocenters. The smallest absolute Gasteiger partial charge is 0.244 e. The van der Waals surface area contributed by atoms with Crippen molar-refractivity contribution < 1.29 is 17.2 Å². The number of benzene rings is 3. The molecule has 6 nitrogen and oxygen atoms in total. The summed E-state index contributed by atoms with van der Waals surface area (Å²) in [4.78, 5) is 0.378. The summed E-state index contributed by atoms with van der Waals surface area (Å²) < 4.78 is 56.3. The molecule has 39 heavy (non-hydrogen) atoms. The van der Waals surface area contributed by atoms with Gasteiger partial charge in [-0.3, -0.25) is 4.21 Å². The zero-order valence-electron chi connectivity index (χ0n) is 23.8. The van der Waals surface area contributed by atoms with E-state index < -0.39 is 26.8 Å². The van der Waals surface area contributed by atoms with E-state index >= 15 is 0 Å². The highest BCUT2D eigenvalue weighted by atomic mass is 32.2. The molecule has 0 radical (unpaired) electrons. The lowest BCUT2D eigenvalue weighted by Crippen LogP contribution is -2.42. The van der Waals surface area contributed by atoms with Gasteiger partial charge in [0.1, 0.15) is 0 Å². The maximum Gasteiger partial charge on any atom is 0.244 e. The van der Waals surface area contributed by atoms with E-state index in [2.05, 4.69) is 0 Å². The molecule has 0 bridgehead atoms. The lowest BCUT2D eigenvalue weighted by atomic mass is 10.0. The van der Waals surface area contributed by atoms with Crippen LogP contribution in [0.5, 0.6) is 0 Å². The Bertz CT molecular complexity index is 1440. The van der Waals surface area contributed by atoms with E-state index in [-0.39, 0.29) is 6.54 Å². The van der Waals surface area contributed by atoms with Crippen LogP contribution in [0.2, 0.25) is 0 Å². The molecule has 1 aliphatic carbocycles. The highest BCUT2D eigenvalue weighted by Crippen LogP contribution is 2.53. The monoisotopic (exact) mass is 567 g/mol. The number of sulfonamides is 1. The van der Waals surface area contributed by atoms with Crippen LogP contribution in [0.25, 0.3) is 0 Å². The Morgan fingerprint density at radius 3 is 1.77 bits per heavy atom. The van der Waals surface area contributed by atoms with E-state index in [0.717, 1.165) is 51.8 Å². The molecule has 0 aromatic heterocycles. The quantitative estimate of drug-likeness (QED) is 0.201. The van der Waals surface area contributed by atoms with Gasteiger partial charge >= 0.3 is 0 Å². The second-order valence-corrected chi connectivity index (χ2v) is 13.7. The van der Waals surface area contributed by atoms with Crippen LogP contribution in [0.4, 0.5) is 5.69 Å². The van der Waals surface area contributed by atoms with Crippen molar-refractivity contribution in [3.63, 3.8) is 0 Å². The molecule has 3 aromatic carbocycles. The Balaban J connectivity index is 1.63. The van der Waals surface area contributed by atoms with Gasteiger partial charge in [0, 0.05) is 24.4 Å². The van der Waals surface area contributed by atoms with Gasteiger partial charge in [0.2, 0.25) is 10.0 Å². The summed E-state index contributed by atoms with van der Waals surface area (Å²) in [5.74, 6) is 0. The zero-order chi connectivity index (χ0) is 28.5. The van der Waals surface area contributed by atoms with E-state index in [1.807, 2.05) is 96.1 Å². The number of unbranched alkanes of at least 4 members (excludes halogenated alkanes) is 1. The van der Waals surface area contributed by atoms with Crippen molar-refractivity contribution in [3.8, 4) is 0 Å². The summed E-state index contributed by atoms with van der Waals surface area (Å²) in [5.41, 5.74) is 6.57. The Morgan fingerprint density at radius 1 is 0.795 bits per heavy atom. The second kappa shape index (κ2) is 11.5. The third kappa shape index (κ3) is 5.99. The largest absolute Gasteiger partial charge is 0.755 e. The first kappa shape index (κ1) is 29.5. The molecule has 0 aliphatic heterocycles. The van der Waals surface area contributed by atoms with Gasteiger partial charge in [0.05, 0.1) is 16.1 Å². The van der Waals surface area contributed by atoms with E-state index in [1.54, 1.807) is 4.31 Å². The van der Waals surface area contributed by atoms with Gasteiger partial charge in [0.15, 0.2) is 0 Å². The van der Waals surface area contributed by atoms with Crippen LogP contribution in [-0.4, -0.2) is 34.6 Å². The first-order valence-corrected chi connectivity index (χ1v) is 16.0. The Hall–Kier alpha value is -2.52. The number of hydrogen-bond donors (Lipinski definition) is 0. The van der Waals surface area contributed by atoms with Gasteiger partial charge in [-0.15, -0.1) is 0 Å². The number of nitrogens with zero attached hydrogens (tertiary/aromatic N) is 2. The maximum absolute atomic E-state index is 14.3. The third-order valence-electron chi connectivity index (χ3n) is 7.70. The lowest BCUT2D eigenvalue weighted by molar-refractivity contribution is 0.297. The van der Waals surface area contributed by atoms with E-state index in [9.17, 15) is 17.2 Å². The Labute approximate surface area is 236 Å². The fraction of sp³-hybridized carbons (Fsp3) is 0.419. The minimum absolute atomic E-state index is 0.287. The SMILES string of the molecule is Cc1cc(C)c(N(CCCCN(C2(c3ccccc3)CC2)S(=O)(=O)c2c(C)cc(C)cc2C)S(=O)[O-])c(C)c1. The summed E-state index contributed by atoms with van der Waals surface area (Å²) >= 11 is -2.43. The van der Waals surface area contributed by atoms with Crippen molar-refractivity contribution in [2.24, 2.45) is 0 Å². The molecule has 0 spiro atoms. The molecule has 1 aliphatic rings. The predicted octanol–water partition coefficient (Wildman–Crippen LogP) is 6.30. The summed E-state index contributed by atoms with van der Waals surface area (Å²) in [6.45, 7) is 12.1. The van der Waals surface area contributed by atoms with Gasteiger partial charge in [-0.2, -0.15) is 4.31 Å². The van der Waals surface area contributed by atoms with Crippen LogP contribution >= 0.6 is 0 Å². The van der Waals surface area contributed by atoms with Gasteiger partial charge in [-0.25, -0.2) is 8.42 Å². The number of hydrogen-bond acceptors (Lipinski definition) is 4. The Kier molecular flexibility index (Phi) is 8.71. The highest BCUT2D eigenvalue weighted by Gasteiger charge is 2.54. The first-order valence-electron chi connectivity index (χ1n) is 13.5. The van der Waals surface area contributed by atoms with Crippen molar-refractivity contribution in [2.45, 2.75) is 77.7 Å². The molecule has 8 heteroatoms. The topological polar surface area (TPSA) is 80.8 Å². The first-order chi connectivity index (χ1) is 18.4. The maximum atomic E-state index is 14.3. The molecule has 0 amide bonds. The number of aryl methyl sites for hydroxylation is 6. The van der Waals surface area contributed by atoms with E-state index in [0.29, 0.717) is 30.0 Å². The molecule has 1 unspecified atom stereocenters. The van der Waals surface area contributed by atoms with Crippen molar-refractivity contribution in [2.75, 3.05) is 17.4 Å². The van der Waals surface area contributed by atoms with Crippen LogP contribution in [0.1, 0.15) is 64.6 Å². The molecular weight excluding hydrogens is 528 g/mol. The Morgan fingerprint density at radius 2 is 1.28 bits per heavy atom. The normalized spacial score (nSPS) is 15.4. The fourth-order valence-corrected chi connectivity index (χ4v) is 9.12. The summed E-state index contributed by atoms with van der Waals surface area (Å²) in [6.07, 6.45) is 2.59.